The molecule has 1 radical (unpaired) electrons. The topological polar surface area (TPSA) is 17.1 Å². The molecule has 9 heavy (non-hydrogen) atoms. The van der Waals surface area contributed by atoms with Crippen LogP contribution in [0.25, 0.3) is 0 Å². The Hall–Kier alpha value is -0.00610. The fraction of sp³-hybridized carbons (Fsp3) is 0. The van der Waals surface area contributed by atoms with Crippen molar-refractivity contribution in [1.82, 2.24) is 0 Å². The van der Waals surface area contributed by atoms with Crippen molar-refractivity contribution in [2.45, 2.75) is 0 Å². The minimum atomic E-state index is 0. The van der Waals surface area contributed by atoms with Crippen LogP contribution in [0.2, 0.25) is 0 Å². The summed E-state index contributed by atoms with van der Waals surface area (Å²) in [6.07, 6.45) is 0.813. The van der Waals surface area contributed by atoms with Gasteiger partial charge in [-0.3, -0.25) is 0 Å². The van der Waals surface area contributed by atoms with Crippen LogP contribution in [0.15, 0.2) is 24.3 Å². The van der Waals surface area contributed by atoms with Gasteiger partial charge in [0, 0.05) is 32.7 Å². The quantitative estimate of drug-likeness (QED) is 0.486. The number of aldehydes is 1. The molecule has 0 atom stereocenters. The van der Waals surface area contributed by atoms with E-state index in [4.69, 9.17) is 0 Å². The summed E-state index contributed by atoms with van der Waals surface area (Å²) in [5, 5.41) is 0. The minimum absolute atomic E-state index is 0. The van der Waals surface area contributed by atoms with Gasteiger partial charge in [-0.1, -0.05) is 5.56 Å². The molecule has 0 amide bonds. The average Bonchev–Trinajstić information content (AvgIpc) is 1.90. The molecule has 0 fully saturated rings. The Bertz CT molecular complexity index is 172. The van der Waals surface area contributed by atoms with E-state index in [9.17, 15) is 4.79 Å². The summed E-state index contributed by atoms with van der Waals surface area (Å²) in [6.45, 7) is 0. The molecule has 0 spiro atoms. The summed E-state index contributed by atoms with van der Waals surface area (Å²) in [7, 11) is 0. The first-order valence-electron chi connectivity index (χ1n) is 2.35. The third-order valence-electron chi connectivity index (χ3n) is 0.880. The first-order chi connectivity index (χ1) is 3.93. The van der Waals surface area contributed by atoms with E-state index < -0.39 is 0 Å². The zero-order valence-corrected chi connectivity index (χ0v) is 7.71. The largest absolute Gasteiger partial charge is 0.300 e. The standard InChI is InChI=1S/C7H5O.Y/c8-6-7-4-2-1-3-5-7;/h2-6H;/q-1;. The molecule has 2 heteroatoms. The molecule has 0 N–H and O–H groups in total. The Morgan fingerprint density at radius 3 is 2.22 bits per heavy atom. The van der Waals surface area contributed by atoms with Crippen molar-refractivity contribution in [2.75, 3.05) is 0 Å². The molecule has 0 aliphatic carbocycles. The van der Waals surface area contributed by atoms with E-state index in [1.165, 1.54) is 0 Å². The van der Waals surface area contributed by atoms with Crippen molar-refractivity contribution in [2.24, 2.45) is 0 Å². The minimum Gasteiger partial charge on any atom is -0.300 e. The summed E-state index contributed by atoms with van der Waals surface area (Å²) >= 11 is 0. The second kappa shape index (κ2) is 4.83. The molecule has 1 rings (SSSR count). The van der Waals surface area contributed by atoms with Gasteiger partial charge in [0.2, 0.25) is 0 Å². The first-order valence-corrected chi connectivity index (χ1v) is 2.35. The van der Waals surface area contributed by atoms with Crippen molar-refractivity contribution in [3.63, 3.8) is 0 Å². The van der Waals surface area contributed by atoms with Gasteiger partial charge in [-0.15, -0.1) is 0 Å². The zero-order valence-electron chi connectivity index (χ0n) is 4.87. The Morgan fingerprint density at radius 2 is 1.89 bits per heavy atom. The number of carbonyl (C=O) groups excluding carboxylic acids is 1. The van der Waals surface area contributed by atoms with Gasteiger partial charge in [0.05, 0.1) is 0 Å². The van der Waals surface area contributed by atoms with Crippen molar-refractivity contribution in [1.29, 1.82) is 0 Å². The van der Waals surface area contributed by atoms with E-state index in [2.05, 4.69) is 6.07 Å². The smallest absolute Gasteiger partial charge is 0.126 e. The van der Waals surface area contributed by atoms with Crippen LogP contribution in [0.1, 0.15) is 10.4 Å². The van der Waals surface area contributed by atoms with Crippen LogP contribution in [0, 0.1) is 6.07 Å². The zero-order chi connectivity index (χ0) is 5.82. The number of carbonyl (C=O) groups is 1. The van der Waals surface area contributed by atoms with E-state index in [1.54, 1.807) is 24.3 Å². The monoisotopic (exact) mass is 194 g/mol. The Morgan fingerprint density at radius 1 is 1.33 bits per heavy atom. The third kappa shape index (κ3) is 2.88. The summed E-state index contributed by atoms with van der Waals surface area (Å²) in [4.78, 5) is 9.99. The molecule has 1 aromatic rings. The molecule has 0 aliphatic rings. The van der Waals surface area contributed by atoms with Gasteiger partial charge in [-0.05, 0) is 0 Å². The van der Waals surface area contributed by atoms with Crippen LogP contribution >= 0.6 is 0 Å². The SMILES string of the molecule is O=Cc1cc[c-]cc1.[Y]. The summed E-state index contributed by atoms with van der Waals surface area (Å²) < 4.78 is 0. The first kappa shape index (κ1) is 8.99. The summed E-state index contributed by atoms with van der Waals surface area (Å²) in [5.74, 6) is 0. The van der Waals surface area contributed by atoms with Gasteiger partial charge in [0.25, 0.3) is 0 Å². The van der Waals surface area contributed by atoms with E-state index in [0.717, 1.165) is 6.29 Å². The maximum absolute atomic E-state index is 9.99. The summed E-state index contributed by atoms with van der Waals surface area (Å²) in [6, 6.07) is 9.66. The molecule has 0 aromatic heterocycles. The van der Waals surface area contributed by atoms with Gasteiger partial charge < -0.3 is 4.79 Å². The van der Waals surface area contributed by atoms with Gasteiger partial charge in [0.1, 0.15) is 6.29 Å². The molecule has 0 bridgehead atoms. The summed E-state index contributed by atoms with van der Waals surface area (Å²) in [5.41, 5.74) is 0.698. The number of rotatable bonds is 1. The fourth-order valence-corrected chi connectivity index (χ4v) is 0.478. The number of hydrogen-bond acceptors (Lipinski definition) is 1. The molecule has 0 saturated carbocycles. The van der Waals surface area contributed by atoms with Gasteiger partial charge in [-0.2, -0.15) is 30.3 Å². The molecule has 0 unspecified atom stereocenters. The Kier molecular flexibility index (Phi) is 4.83. The number of hydrogen-bond donors (Lipinski definition) is 0. The average molecular weight is 194 g/mol. The maximum atomic E-state index is 9.99. The van der Waals surface area contributed by atoms with Crippen LogP contribution in [-0.2, 0) is 32.7 Å². The predicted molar refractivity (Wildman–Crippen MR) is 30.7 cm³/mol. The molecule has 0 aliphatic heterocycles. The van der Waals surface area contributed by atoms with Crippen molar-refractivity contribution in [3.05, 3.63) is 35.9 Å². The molecular formula is C7H5OY-. The van der Waals surface area contributed by atoms with Crippen molar-refractivity contribution >= 4 is 6.29 Å². The molecular weight excluding hydrogens is 189 g/mol. The van der Waals surface area contributed by atoms with E-state index in [0.29, 0.717) is 5.56 Å². The predicted octanol–water partition coefficient (Wildman–Crippen LogP) is 1.30. The van der Waals surface area contributed by atoms with E-state index >= 15 is 0 Å². The molecule has 1 aromatic carbocycles. The van der Waals surface area contributed by atoms with Crippen LogP contribution in [-0.4, -0.2) is 6.29 Å². The second-order valence-corrected chi connectivity index (χ2v) is 1.45. The van der Waals surface area contributed by atoms with Gasteiger partial charge >= 0.3 is 0 Å². The Labute approximate surface area is 79.3 Å². The Balaban J connectivity index is 0.000000640. The van der Waals surface area contributed by atoms with Crippen LogP contribution in [0.5, 0.6) is 0 Å². The molecule has 43 valence electrons. The van der Waals surface area contributed by atoms with E-state index in [1.807, 2.05) is 0 Å². The third-order valence-corrected chi connectivity index (χ3v) is 0.880. The second-order valence-electron chi connectivity index (χ2n) is 1.45. The molecule has 0 heterocycles. The normalized spacial score (nSPS) is 7.56. The van der Waals surface area contributed by atoms with Crippen LogP contribution < -0.4 is 0 Å². The van der Waals surface area contributed by atoms with Crippen LogP contribution in [0.3, 0.4) is 0 Å². The molecule has 0 saturated heterocycles. The van der Waals surface area contributed by atoms with Gasteiger partial charge in [0.15, 0.2) is 0 Å². The number of benzene rings is 1. The van der Waals surface area contributed by atoms with E-state index in [-0.39, 0.29) is 32.7 Å². The maximum Gasteiger partial charge on any atom is 0.126 e. The van der Waals surface area contributed by atoms with Crippen LogP contribution in [0.4, 0.5) is 0 Å². The van der Waals surface area contributed by atoms with Crippen molar-refractivity contribution < 1.29 is 37.5 Å². The van der Waals surface area contributed by atoms with Gasteiger partial charge in [-0.25, -0.2) is 0 Å². The fourth-order valence-electron chi connectivity index (χ4n) is 0.478. The molecule has 1 nitrogen and oxygen atoms in total. The van der Waals surface area contributed by atoms with Crippen molar-refractivity contribution in [3.8, 4) is 0 Å².